The van der Waals surface area contributed by atoms with E-state index in [1.807, 2.05) is 17.2 Å². The van der Waals surface area contributed by atoms with Gasteiger partial charge in [-0.1, -0.05) is 0 Å². The lowest BCUT2D eigenvalue weighted by atomic mass is 9.85. The van der Waals surface area contributed by atoms with Crippen LogP contribution in [0.3, 0.4) is 0 Å². The van der Waals surface area contributed by atoms with Crippen molar-refractivity contribution in [2.45, 2.75) is 18.4 Å². The Hall–Kier alpha value is -2.61. The first-order valence-electron chi connectivity index (χ1n) is 7.98. The van der Waals surface area contributed by atoms with Gasteiger partial charge in [0.05, 0.1) is 6.20 Å². The van der Waals surface area contributed by atoms with Gasteiger partial charge in [0.1, 0.15) is 11.6 Å². The van der Waals surface area contributed by atoms with Crippen molar-refractivity contribution in [3.05, 3.63) is 59.7 Å². The maximum absolute atomic E-state index is 14.0. The monoisotopic (exact) mass is 347 g/mol. The van der Waals surface area contributed by atoms with Crippen LogP contribution in [-0.2, 0) is 0 Å². The van der Waals surface area contributed by atoms with Gasteiger partial charge in [-0.05, 0) is 24.1 Å². The van der Waals surface area contributed by atoms with Crippen LogP contribution in [0.25, 0.3) is 5.65 Å². The number of benzene rings is 1. The van der Waals surface area contributed by atoms with Gasteiger partial charge in [0.15, 0.2) is 17.3 Å². The Morgan fingerprint density at radius 2 is 1.88 bits per heavy atom. The molecule has 25 heavy (non-hydrogen) atoms. The van der Waals surface area contributed by atoms with E-state index >= 15 is 0 Å². The van der Waals surface area contributed by atoms with Gasteiger partial charge in [0.25, 0.3) is 0 Å². The van der Waals surface area contributed by atoms with Gasteiger partial charge in [0.2, 0.25) is 0 Å². The van der Waals surface area contributed by atoms with E-state index in [1.165, 1.54) is 0 Å². The quantitative estimate of drug-likeness (QED) is 0.724. The van der Waals surface area contributed by atoms with Gasteiger partial charge < -0.3 is 10.6 Å². The minimum Gasteiger partial charge on any atom is -0.355 e. The third kappa shape index (κ3) is 2.82. The molecular weight excluding hydrogens is 331 g/mol. The molecule has 2 aromatic heterocycles. The van der Waals surface area contributed by atoms with Gasteiger partial charge in [-0.3, -0.25) is 0 Å². The van der Waals surface area contributed by atoms with Crippen LogP contribution < -0.4 is 10.6 Å². The van der Waals surface area contributed by atoms with Gasteiger partial charge in [0, 0.05) is 43.4 Å². The van der Waals surface area contributed by atoms with E-state index in [1.54, 1.807) is 16.8 Å². The molecule has 0 aliphatic carbocycles. The number of aromatic nitrogens is 3. The van der Waals surface area contributed by atoms with Crippen molar-refractivity contribution in [2.75, 3.05) is 18.0 Å². The molecule has 130 valence electrons. The molecule has 2 atom stereocenters. The van der Waals surface area contributed by atoms with Crippen LogP contribution >= 0.6 is 0 Å². The van der Waals surface area contributed by atoms with Crippen LogP contribution in [0.4, 0.5) is 19.0 Å². The Morgan fingerprint density at radius 1 is 1.08 bits per heavy atom. The molecule has 2 N–H and O–H groups in total. The fourth-order valence-electron chi connectivity index (χ4n) is 3.38. The van der Waals surface area contributed by atoms with Gasteiger partial charge >= 0.3 is 0 Å². The average Bonchev–Trinajstić information content (AvgIpc) is 3.06. The van der Waals surface area contributed by atoms with Crippen molar-refractivity contribution in [1.82, 2.24) is 14.6 Å². The number of hydrogen-bond acceptors (Lipinski definition) is 4. The summed E-state index contributed by atoms with van der Waals surface area (Å²) in [7, 11) is 0. The first-order chi connectivity index (χ1) is 12.0. The van der Waals surface area contributed by atoms with Crippen molar-refractivity contribution in [3.8, 4) is 0 Å². The second kappa shape index (κ2) is 6.03. The van der Waals surface area contributed by atoms with Crippen LogP contribution in [0, 0.1) is 17.5 Å². The molecule has 0 spiro atoms. The summed E-state index contributed by atoms with van der Waals surface area (Å²) in [5.41, 5.74) is 7.07. The second-order valence-corrected chi connectivity index (χ2v) is 6.21. The molecule has 1 unspecified atom stereocenters. The lowest BCUT2D eigenvalue weighted by molar-refractivity contribution is 0.416. The molecule has 1 fully saturated rings. The first-order valence-corrected chi connectivity index (χ1v) is 7.98. The van der Waals surface area contributed by atoms with Gasteiger partial charge in [-0.15, -0.1) is 0 Å². The summed E-state index contributed by atoms with van der Waals surface area (Å²) in [5.74, 6) is -2.62. The summed E-state index contributed by atoms with van der Waals surface area (Å²) < 4.78 is 42.3. The molecule has 1 saturated heterocycles. The molecule has 4 rings (SSSR count). The van der Waals surface area contributed by atoms with Crippen LogP contribution in [-0.4, -0.2) is 33.7 Å². The number of fused-ring (bicyclic) bond motifs is 1. The number of halogens is 3. The molecule has 1 aliphatic heterocycles. The van der Waals surface area contributed by atoms with Crippen molar-refractivity contribution in [1.29, 1.82) is 0 Å². The molecule has 0 saturated carbocycles. The third-order valence-electron chi connectivity index (χ3n) is 4.66. The molecule has 1 aromatic carbocycles. The standard InChI is InChI=1S/C17H16F3N5/c18-12-8-14(20)13(19)7-11(12)10-2-5-24(9-15(10)21)16-3-6-25-17(23-16)1-4-22-25/h1,3-4,6-8,10,15H,2,5,9,21H2/t10?,15-/m0/s1. The fraction of sp³-hybridized carbons (Fsp3) is 0.294. The highest BCUT2D eigenvalue weighted by Gasteiger charge is 2.31. The first kappa shape index (κ1) is 15.9. The minimum absolute atomic E-state index is 0.130. The maximum Gasteiger partial charge on any atom is 0.161 e. The average molecular weight is 347 g/mol. The largest absolute Gasteiger partial charge is 0.355 e. The topological polar surface area (TPSA) is 59.5 Å². The molecule has 5 nitrogen and oxygen atoms in total. The highest BCUT2D eigenvalue weighted by molar-refractivity contribution is 5.48. The van der Waals surface area contributed by atoms with E-state index in [0.29, 0.717) is 25.6 Å². The fourth-order valence-corrected chi connectivity index (χ4v) is 3.38. The Bertz CT molecular complexity index is 926. The molecule has 0 radical (unpaired) electrons. The van der Waals surface area contributed by atoms with Gasteiger partial charge in [-0.25, -0.2) is 22.7 Å². The smallest absolute Gasteiger partial charge is 0.161 e. The van der Waals surface area contributed by atoms with E-state index in [2.05, 4.69) is 10.1 Å². The van der Waals surface area contributed by atoms with E-state index < -0.39 is 23.5 Å². The van der Waals surface area contributed by atoms with E-state index in [0.717, 1.165) is 17.5 Å². The van der Waals surface area contributed by atoms with Crippen molar-refractivity contribution in [2.24, 2.45) is 5.73 Å². The lowest BCUT2D eigenvalue weighted by Gasteiger charge is -2.37. The van der Waals surface area contributed by atoms with Crippen molar-refractivity contribution in [3.63, 3.8) is 0 Å². The minimum atomic E-state index is -1.19. The summed E-state index contributed by atoms with van der Waals surface area (Å²) in [4.78, 5) is 6.53. The summed E-state index contributed by atoms with van der Waals surface area (Å²) in [6.07, 6.45) is 4.00. The number of rotatable bonds is 2. The Balaban J connectivity index is 1.57. The molecule has 3 aromatic rings. The Labute approximate surface area is 141 Å². The Morgan fingerprint density at radius 3 is 2.68 bits per heavy atom. The molecule has 0 bridgehead atoms. The summed E-state index contributed by atoms with van der Waals surface area (Å²) in [5, 5.41) is 4.10. The predicted octanol–water partition coefficient (Wildman–Crippen LogP) is 2.47. The molecule has 8 heteroatoms. The highest BCUT2D eigenvalue weighted by atomic mass is 19.2. The SMILES string of the molecule is N[C@H]1CN(c2ccn3nccc3n2)CCC1c1cc(F)c(F)cc1F. The number of anilines is 1. The van der Waals surface area contributed by atoms with E-state index in [-0.39, 0.29) is 11.5 Å². The lowest BCUT2D eigenvalue weighted by Crippen LogP contribution is -2.48. The number of piperidine rings is 1. The van der Waals surface area contributed by atoms with Crippen molar-refractivity contribution < 1.29 is 13.2 Å². The third-order valence-corrected chi connectivity index (χ3v) is 4.66. The zero-order valence-corrected chi connectivity index (χ0v) is 13.2. The zero-order valence-electron chi connectivity index (χ0n) is 13.2. The van der Waals surface area contributed by atoms with Crippen LogP contribution in [0.2, 0.25) is 0 Å². The highest BCUT2D eigenvalue weighted by Crippen LogP contribution is 2.32. The second-order valence-electron chi connectivity index (χ2n) is 6.21. The summed E-state index contributed by atoms with van der Waals surface area (Å²) >= 11 is 0. The van der Waals surface area contributed by atoms with Crippen LogP contribution in [0.1, 0.15) is 17.9 Å². The number of nitrogens with two attached hydrogens (primary N) is 1. The normalized spacial score (nSPS) is 21.0. The van der Waals surface area contributed by atoms with Crippen LogP contribution in [0.15, 0.2) is 36.7 Å². The maximum atomic E-state index is 14.0. The summed E-state index contributed by atoms with van der Waals surface area (Å²) in [6.45, 7) is 1.04. The Kier molecular flexibility index (Phi) is 3.84. The zero-order chi connectivity index (χ0) is 17.6. The predicted molar refractivity (Wildman–Crippen MR) is 86.8 cm³/mol. The number of hydrogen-bond donors (Lipinski definition) is 1. The molecule has 1 aliphatic rings. The van der Waals surface area contributed by atoms with Crippen LogP contribution in [0.5, 0.6) is 0 Å². The molecule has 3 heterocycles. The van der Waals surface area contributed by atoms with Gasteiger partial charge in [-0.2, -0.15) is 5.10 Å². The van der Waals surface area contributed by atoms with E-state index in [9.17, 15) is 13.2 Å². The summed E-state index contributed by atoms with van der Waals surface area (Å²) in [6, 6.07) is 4.72. The van der Waals surface area contributed by atoms with E-state index in [4.69, 9.17) is 5.73 Å². The van der Waals surface area contributed by atoms with Crippen molar-refractivity contribution >= 4 is 11.5 Å². The number of nitrogens with zero attached hydrogens (tertiary/aromatic N) is 4. The molecular formula is C17H16F3N5. The molecule has 0 amide bonds.